The summed E-state index contributed by atoms with van der Waals surface area (Å²) in [6.45, 7) is 2.18. The molecule has 7 heteroatoms. The van der Waals surface area contributed by atoms with Gasteiger partial charge in [0, 0.05) is 38.0 Å². The molecule has 150 valence electrons. The van der Waals surface area contributed by atoms with Crippen molar-refractivity contribution in [1.82, 2.24) is 20.1 Å². The number of para-hydroxylation sites is 1. The Hall–Kier alpha value is -2.96. The molecule has 1 saturated carbocycles. The topological polar surface area (TPSA) is 82.6 Å². The van der Waals surface area contributed by atoms with E-state index in [2.05, 4.69) is 10.3 Å². The van der Waals surface area contributed by atoms with Gasteiger partial charge in [-0.1, -0.05) is 24.3 Å². The highest BCUT2D eigenvalue weighted by molar-refractivity contribution is 5.96. The number of aromatic nitrogens is 1. The summed E-state index contributed by atoms with van der Waals surface area (Å²) in [5, 5.41) is 3.97. The van der Waals surface area contributed by atoms with Crippen molar-refractivity contribution in [1.29, 1.82) is 0 Å². The summed E-state index contributed by atoms with van der Waals surface area (Å²) in [6, 6.07) is 11.3. The predicted octanol–water partition coefficient (Wildman–Crippen LogP) is 1.43. The fraction of sp³-hybridized carbons (Fsp3) is 0.455. The average Bonchev–Trinajstić information content (AvgIpc) is 3.46. The number of fused-ring (bicyclic) bond motifs is 1. The van der Waals surface area contributed by atoms with E-state index in [0.717, 1.165) is 17.4 Å². The molecule has 5 rings (SSSR count). The maximum absolute atomic E-state index is 12.7. The summed E-state index contributed by atoms with van der Waals surface area (Å²) in [4.78, 5) is 45.4. The SMILES string of the molecule is O=C(NCC1CC1)C1CC(=O)N(C2CN(C(=O)c3ccc4ccccc4n3)C2)C1. The van der Waals surface area contributed by atoms with Crippen molar-refractivity contribution in [2.24, 2.45) is 11.8 Å². The van der Waals surface area contributed by atoms with E-state index in [-0.39, 0.29) is 36.1 Å². The Morgan fingerprint density at radius 1 is 1.07 bits per heavy atom. The van der Waals surface area contributed by atoms with Crippen LogP contribution < -0.4 is 5.32 Å². The number of hydrogen-bond acceptors (Lipinski definition) is 4. The van der Waals surface area contributed by atoms with Gasteiger partial charge in [0.1, 0.15) is 5.69 Å². The molecule has 1 atom stereocenters. The first-order valence-electron chi connectivity index (χ1n) is 10.3. The van der Waals surface area contributed by atoms with Crippen LogP contribution in [0.5, 0.6) is 0 Å². The monoisotopic (exact) mass is 392 g/mol. The summed E-state index contributed by atoms with van der Waals surface area (Å²) < 4.78 is 0. The van der Waals surface area contributed by atoms with Crippen molar-refractivity contribution in [2.75, 3.05) is 26.2 Å². The standard InChI is InChI=1S/C22H24N4O3/c27-20-9-16(21(28)23-10-14-5-6-14)11-26(20)17-12-25(13-17)22(29)19-8-7-15-3-1-2-4-18(15)24-19/h1-4,7-8,14,16-17H,5-6,9-13H2,(H,23,28). The third-order valence-electron chi connectivity index (χ3n) is 6.20. The number of nitrogens with zero attached hydrogens (tertiary/aromatic N) is 3. The number of hydrogen-bond donors (Lipinski definition) is 1. The second-order valence-electron chi connectivity index (χ2n) is 8.39. The number of benzene rings is 1. The summed E-state index contributed by atoms with van der Waals surface area (Å²) >= 11 is 0. The van der Waals surface area contributed by atoms with E-state index in [9.17, 15) is 14.4 Å². The maximum atomic E-state index is 12.7. The van der Waals surface area contributed by atoms with Crippen LogP contribution in [0, 0.1) is 11.8 Å². The molecule has 1 unspecified atom stereocenters. The minimum Gasteiger partial charge on any atom is -0.356 e. The predicted molar refractivity (Wildman–Crippen MR) is 107 cm³/mol. The van der Waals surface area contributed by atoms with Crippen LogP contribution in [0.4, 0.5) is 0 Å². The van der Waals surface area contributed by atoms with E-state index in [4.69, 9.17) is 0 Å². The molecule has 0 spiro atoms. The van der Waals surface area contributed by atoms with Gasteiger partial charge in [0.05, 0.1) is 17.5 Å². The minimum absolute atomic E-state index is 0.00635. The molecule has 0 bridgehead atoms. The molecule has 1 aliphatic carbocycles. The van der Waals surface area contributed by atoms with Crippen LogP contribution in [-0.2, 0) is 9.59 Å². The Morgan fingerprint density at radius 2 is 1.86 bits per heavy atom. The fourth-order valence-electron chi connectivity index (χ4n) is 4.14. The zero-order valence-electron chi connectivity index (χ0n) is 16.2. The molecule has 3 amide bonds. The Labute approximate surface area is 169 Å². The molecular formula is C22H24N4O3. The first kappa shape index (κ1) is 18.1. The van der Waals surface area contributed by atoms with Crippen molar-refractivity contribution in [2.45, 2.75) is 25.3 Å². The molecule has 1 aromatic carbocycles. The molecule has 1 aromatic heterocycles. The Bertz CT molecular complexity index is 981. The normalized spacial score (nSPS) is 22.1. The van der Waals surface area contributed by atoms with Crippen LogP contribution in [-0.4, -0.2) is 64.7 Å². The quantitative estimate of drug-likeness (QED) is 0.835. The molecule has 2 saturated heterocycles. The third kappa shape index (κ3) is 3.57. The van der Waals surface area contributed by atoms with Crippen molar-refractivity contribution >= 4 is 28.6 Å². The van der Waals surface area contributed by atoms with Gasteiger partial charge in [0.25, 0.3) is 5.91 Å². The van der Waals surface area contributed by atoms with E-state index in [0.29, 0.717) is 31.2 Å². The number of rotatable bonds is 5. The van der Waals surface area contributed by atoms with Crippen molar-refractivity contribution in [3.63, 3.8) is 0 Å². The van der Waals surface area contributed by atoms with Gasteiger partial charge in [-0.15, -0.1) is 0 Å². The molecule has 2 aromatic rings. The summed E-state index contributed by atoms with van der Waals surface area (Å²) in [6.07, 6.45) is 2.65. The first-order chi connectivity index (χ1) is 14.1. The molecule has 7 nitrogen and oxygen atoms in total. The van der Waals surface area contributed by atoms with E-state index in [1.54, 1.807) is 15.9 Å². The van der Waals surface area contributed by atoms with Crippen LogP contribution >= 0.6 is 0 Å². The van der Waals surface area contributed by atoms with Gasteiger partial charge in [0.15, 0.2) is 0 Å². The average molecular weight is 392 g/mol. The molecule has 1 N–H and O–H groups in total. The molecule has 29 heavy (non-hydrogen) atoms. The number of carbonyl (C=O) groups excluding carboxylic acids is 3. The zero-order valence-corrected chi connectivity index (χ0v) is 16.2. The Morgan fingerprint density at radius 3 is 2.66 bits per heavy atom. The largest absolute Gasteiger partial charge is 0.356 e. The summed E-state index contributed by atoms with van der Waals surface area (Å²) in [5.74, 6) is 0.241. The molecule has 0 radical (unpaired) electrons. The summed E-state index contributed by atoms with van der Waals surface area (Å²) in [5.41, 5.74) is 1.22. The van der Waals surface area contributed by atoms with Gasteiger partial charge in [-0.3, -0.25) is 14.4 Å². The first-order valence-corrected chi connectivity index (χ1v) is 10.3. The van der Waals surface area contributed by atoms with Crippen molar-refractivity contribution in [3.05, 3.63) is 42.1 Å². The lowest BCUT2D eigenvalue weighted by atomic mass is 10.1. The number of likely N-dealkylation sites (tertiary alicyclic amines) is 2. The van der Waals surface area contributed by atoms with Gasteiger partial charge in [-0.05, 0) is 30.9 Å². The lowest BCUT2D eigenvalue weighted by molar-refractivity contribution is -0.132. The van der Waals surface area contributed by atoms with Crippen LogP contribution in [0.15, 0.2) is 36.4 Å². The van der Waals surface area contributed by atoms with E-state index < -0.39 is 0 Å². The van der Waals surface area contributed by atoms with Gasteiger partial charge < -0.3 is 15.1 Å². The maximum Gasteiger partial charge on any atom is 0.272 e. The van der Waals surface area contributed by atoms with Gasteiger partial charge in [0.2, 0.25) is 11.8 Å². The number of amides is 3. The van der Waals surface area contributed by atoms with Gasteiger partial charge >= 0.3 is 0 Å². The smallest absolute Gasteiger partial charge is 0.272 e. The lowest BCUT2D eigenvalue weighted by Gasteiger charge is -2.43. The van der Waals surface area contributed by atoms with E-state index in [1.165, 1.54) is 12.8 Å². The highest BCUT2D eigenvalue weighted by Gasteiger charge is 2.43. The van der Waals surface area contributed by atoms with Gasteiger partial charge in [-0.25, -0.2) is 4.98 Å². The lowest BCUT2D eigenvalue weighted by Crippen LogP contribution is -2.61. The van der Waals surface area contributed by atoms with Crippen LogP contribution in [0.25, 0.3) is 10.9 Å². The highest BCUT2D eigenvalue weighted by Crippen LogP contribution is 2.29. The number of carbonyl (C=O) groups is 3. The fourth-order valence-corrected chi connectivity index (χ4v) is 4.14. The van der Waals surface area contributed by atoms with Crippen LogP contribution in [0.1, 0.15) is 29.8 Å². The molecular weight excluding hydrogens is 368 g/mol. The second-order valence-corrected chi connectivity index (χ2v) is 8.39. The van der Waals surface area contributed by atoms with Crippen LogP contribution in [0.2, 0.25) is 0 Å². The molecule has 3 aliphatic rings. The van der Waals surface area contributed by atoms with E-state index in [1.807, 2.05) is 30.3 Å². The molecule has 3 heterocycles. The Balaban J connectivity index is 1.17. The molecule has 3 fully saturated rings. The van der Waals surface area contributed by atoms with Crippen molar-refractivity contribution < 1.29 is 14.4 Å². The second kappa shape index (κ2) is 7.13. The van der Waals surface area contributed by atoms with Crippen LogP contribution in [0.3, 0.4) is 0 Å². The highest BCUT2D eigenvalue weighted by atomic mass is 16.2. The third-order valence-corrected chi connectivity index (χ3v) is 6.20. The number of pyridine rings is 1. The zero-order chi connectivity index (χ0) is 20.0. The van der Waals surface area contributed by atoms with Gasteiger partial charge in [-0.2, -0.15) is 0 Å². The minimum atomic E-state index is -0.270. The molecule has 2 aliphatic heterocycles. The Kier molecular flexibility index (Phi) is 4.45. The van der Waals surface area contributed by atoms with Crippen molar-refractivity contribution in [3.8, 4) is 0 Å². The van der Waals surface area contributed by atoms with E-state index >= 15 is 0 Å². The number of nitrogens with one attached hydrogen (secondary N) is 1. The summed E-state index contributed by atoms with van der Waals surface area (Å²) in [7, 11) is 0.